The monoisotopic (exact) mass is 928 g/mol. The van der Waals surface area contributed by atoms with Crippen LogP contribution in [-0.4, -0.2) is 30.4 Å². The van der Waals surface area contributed by atoms with E-state index in [1.807, 2.05) is 62.4 Å². The molecule has 12 heteroatoms. The van der Waals surface area contributed by atoms with Gasteiger partial charge in [0.05, 0.1) is 49.7 Å². The maximum absolute atomic E-state index is 14.1. The Bertz CT molecular complexity index is 1980. The lowest BCUT2D eigenvalue weighted by molar-refractivity contribution is -0.139. The summed E-state index contributed by atoms with van der Waals surface area (Å²) >= 11 is 9.45. The second-order valence-electron chi connectivity index (χ2n) is 10.6. The third kappa shape index (κ3) is 7.55. The fourth-order valence-electron chi connectivity index (χ4n) is 5.00. The van der Waals surface area contributed by atoms with Crippen molar-refractivity contribution in [2.24, 2.45) is 4.99 Å². The largest absolute Gasteiger partial charge is 0.493 e. The third-order valence-electron chi connectivity index (χ3n) is 7.00. The summed E-state index contributed by atoms with van der Waals surface area (Å²) in [7, 11) is 1.56. The van der Waals surface area contributed by atoms with Crippen LogP contribution in [0.1, 0.15) is 50.4 Å². The van der Waals surface area contributed by atoms with E-state index in [2.05, 4.69) is 66.1 Å². The van der Waals surface area contributed by atoms with Crippen molar-refractivity contribution < 1.29 is 23.7 Å². The minimum atomic E-state index is -0.775. The number of benzene rings is 3. The molecule has 1 aliphatic rings. The molecule has 0 amide bonds. The van der Waals surface area contributed by atoms with Crippen LogP contribution in [0.4, 0.5) is 0 Å². The van der Waals surface area contributed by atoms with E-state index in [1.165, 1.54) is 14.9 Å². The Morgan fingerprint density at radius 3 is 2.50 bits per heavy atom. The van der Waals surface area contributed by atoms with Gasteiger partial charge < -0.3 is 18.9 Å². The summed E-state index contributed by atoms with van der Waals surface area (Å²) in [6.07, 6.45) is 1.77. The summed E-state index contributed by atoms with van der Waals surface area (Å²) in [5.74, 6) is 1.27. The molecule has 0 radical (unpaired) electrons. The number of hydrogen-bond acceptors (Lipinski definition) is 8. The number of fused-ring (bicyclic) bond motifs is 1. The van der Waals surface area contributed by atoms with E-state index in [0.717, 1.165) is 24.9 Å². The van der Waals surface area contributed by atoms with Gasteiger partial charge in [-0.1, -0.05) is 29.5 Å². The fraction of sp³-hybridized carbons (Fsp3) is 0.265. The van der Waals surface area contributed by atoms with Crippen LogP contribution < -0.4 is 29.1 Å². The summed E-state index contributed by atoms with van der Waals surface area (Å²) in [6, 6.07) is 16.7. The molecule has 46 heavy (non-hydrogen) atoms. The Morgan fingerprint density at radius 1 is 1.11 bits per heavy atom. The predicted molar refractivity (Wildman–Crippen MR) is 200 cm³/mol. The summed E-state index contributed by atoms with van der Waals surface area (Å²) in [5, 5.41) is 0. The maximum atomic E-state index is 14.1. The first-order valence-corrected chi connectivity index (χ1v) is 18.2. The van der Waals surface area contributed by atoms with Gasteiger partial charge in [0.15, 0.2) is 16.3 Å². The number of ether oxygens (including phenoxy) is 4. The number of allylic oxidation sites excluding steroid dienone is 1. The second kappa shape index (κ2) is 15.0. The molecule has 0 bridgehead atoms. The topological polar surface area (TPSA) is 88.4 Å². The number of nitrogens with zero attached hydrogens (tertiary/aromatic N) is 2. The summed E-state index contributed by atoms with van der Waals surface area (Å²) in [5.41, 5.74) is 3.08. The number of methoxy groups -OCH3 is 1. The molecule has 0 unspecified atom stereocenters. The summed E-state index contributed by atoms with van der Waals surface area (Å²) in [4.78, 5) is 32.6. The van der Waals surface area contributed by atoms with Gasteiger partial charge in [-0.15, -0.1) is 0 Å². The van der Waals surface area contributed by atoms with E-state index in [4.69, 9.17) is 18.9 Å². The van der Waals surface area contributed by atoms with Gasteiger partial charge in [-0.05, 0) is 148 Å². The van der Waals surface area contributed by atoms with Crippen molar-refractivity contribution in [1.82, 2.24) is 4.57 Å². The van der Waals surface area contributed by atoms with E-state index < -0.39 is 12.0 Å². The minimum Gasteiger partial charge on any atom is -0.493 e. The van der Waals surface area contributed by atoms with Crippen LogP contribution in [-0.2, 0) is 16.1 Å². The number of halogens is 3. The van der Waals surface area contributed by atoms with E-state index in [-0.39, 0.29) is 18.3 Å². The molecule has 1 atom stereocenters. The van der Waals surface area contributed by atoms with Gasteiger partial charge in [-0.25, -0.2) is 9.79 Å². The first-order chi connectivity index (χ1) is 22.0. The molecule has 0 saturated carbocycles. The molecule has 0 aliphatic carbocycles. The van der Waals surface area contributed by atoms with Crippen molar-refractivity contribution in [2.45, 2.75) is 46.4 Å². The van der Waals surface area contributed by atoms with Crippen LogP contribution in [0.3, 0.4) is 0 Å². The van der Waals surface area contributed by atoms with Crippen molar-refractivity contribution in [1.29, 1.82) is 0 Å². The van der Waals surface area contributed by atoms with Gasteiger partial charge in [0.2, 0.25) is 0 Å². The molecule has 0 N–H and O–H groups in total. The molecule has 4 aromatic rings. The Balaban J connectivity index is 1.57. The fourth-order valence-corrected chi connectivity index (χ4v) is 8.18. The molecule has 1 aliphatic heterocycles. The van der Waals surface area contributed by atoms with Crippen molar-refractivity contribution in [3.8, 4) is 17.2 Å². The van der Waals surface area contributed by atoms with Crippen molar-refractivity contribution >= 4 is 84.5 Å². The SMILES string of the molecule is CCOC(=O)C1=C(C)N=c2s/c(=C\c3cc(Br)c(OCc4ccc(I)cc4)c(I)c3)c(=O)n2[C@@H]1c1ccc(OC(C)C)c(OC)c1. The molecule has 0 saturated heterocycles. The Morgan fingerprint density at radius 2 is 1.85 bits per heavy atom. The zero-order chi connectivity index (χ0) is 33.1. The van der Waals surface area contributed by atoms with Gasteiger partial charge in [0.25, 0.3) is 5.56 Å². The summed E-state index contributed by atoms with van der Waals surface area (Å²) in [6.45, 7) is 7.99. The normalized spacial score (nSPS) is 14.6. The van der Waals surface area contributed by atoms with E-state index in [0.29, 0.717) is 44.3 Å². The van der Waals surface area contributed by atoms with Crippen LogP contribution in [0.2, 0.25) is 0 Å². The average Bonchev–Trinajstić information content (AvgIpc) is 3.30. The molecule has 0 spiro atoms. The van der Waals surface area contributed by atoms with E-state index in [9.17, 15) is 9.59 Å². The molecule has 5 rings (SSSR count). The van der Waals surface area contributed by atoms with Gasteiger partial charge >= 0.3 is 5.97 Å². The van der Waals surface area contributed by atoms with Crippen LogP contribution in [0.25, 0.3) is 6.08 Å². The number of hydrogen-bond donors (Lipinski definition) is 0. The van der Waals surface area contributed by atoms with Gasteiger partial charge in [-0.3, -0.25) is 9.36 Å². The van der Waals surface area contributed by atoms with Crippen LogP contribution in [0.5, 0.6) is 17.2 Å². The number of carbonyl (C=O) groups excluding carboxylic acids is 1. The molecule has 3 aromatic carbocycles. The van der Waals surface area contributed by atoms with Gasteiger partial charge in [-0.2, -0.15) is 0 Å². The lowest BCUT2D eigenvalue weighted by atomic mass is 9.95. The first-order valence-electron chi connectivity index (χ1n) is 14.4. The maximum Gasteiger partial charge on any atom is 0.338 e. The number of thiazole rings is 1. The Hall–Kier alpha value is -2.69. The molecule has 8 nitrogen and oxygen atoms in total. The predicted octanol–water partition coefficient (Wildman–Crippen LogP) is 7.14. The van der Waals surface area contributed by atoms with Crippen molar-refractivity contribution in [3.63, 3.8) is 0 Å². The van der Waals surface area contributed by atoms with E-state index in [1.54, 1.807) is 37.7 Å². The van der Waals surface area contributed by atoms with Crippen LogP contribution in [0.15, 0.2) is 80.1 Å². The highest BCUT2D eigenvalue weighted by molar-refractivity contribution is 14.1. The average molecular weight is 929 g/mol. The zero-order valence-corrected chi connectivity index (χ0v) is 32.4. The molecular weight excluding hydrogens is 898 g/mol. The second-order valence-corrected chi connectivity index (χ2v) is 14.9. The quantitative estimate of drug-likeness (QED) is 0.124. The molecule has 240 valence electrons. The first kappa shape index (κ1) is 34.6. The highest BCUT2D eigenvalue weighted by atomic mass is 127. The number of rotatable bonds is 10. The lowest BCUT2D eigenvalue weighted by Crippen LogP contribution is -2.40. The molecular formula is C34H31BrI2N2O6S. The number of aromatic nitrogens is 1. The van der Waals surface area contributed by atoms with Gasteiger partial charge in [0.1, 0.15) is 12.4 Å². The lowest BCUT2D eigenvalue weighted by Gasteiger charge is -2.25. The molecule has 2 heterocycles. The van der Waals surface area contributed by atoms with Crippen molar-refractivity contribution in [3.05, 3.63) is 114 Å². The number of esters is 1. The van der Waals surface area contributed by atoms with Crippen LogP contribution >= 0.6 is 72.4 Å². The standard InChI is InChI=1S/C34H31BrI2N2O6S/c1-6-43-33(41)29-19(4)38-34-39(30(29)22-9-12-26(45-18(2)3)27(16-22)42-5)32(40)28(46-34)15-21-13-24(35)31(25(37)14-21)44-17-20-7-10-23(36)11-8-20/h7-16,18,30H,6,17H2,1-5H3/b28-15-/t30-/m1/s1. The highest BCUT2D eigenvalue weighted by Gasteiger charge is 2.34. The third-order valence-corrected chi connectivity index (χ3v) is 10.1. The summed E-state index contributed by atoms with van der Waals surface area (Å²) < 4.78 is 28.0. The van der Waals surface area contributed by atoms with Crippen molar-refractivity contribution in [2.75, 3.05) is 13.7 Å². The number of carbonyl (C=O) groups is 1. The minimum absolute atomic E-state index is 0.0636. The van der Waals surface area contributed by atoms with E-state index >= 15 is 0 Å². The molecule has 1 aromatic heterocycles. The van der Waals surface area contributed by atoms with Crippen LogP contribution in [0, 0.1) is 7.14 Å². The highest BCUT2D eigenvalue weighted by Crippen LogP contribution is 2.37. The Kier molecular flexibility index (Phi) is 11.3. The zero-order valence-electron chi connectivity index (χ0n) is 25.7. The molecule has 0 fully saturated rings. The van der Waals surface area contributed by atoms with Gasteiger partial charge in [0, 0.05) is 3.57 Å². The Labute approximate surface area is 306 Å². The smallest absolute Gasteiger partial charge is 0.338 e.